The molecule has 0 unspecified atom stereocenters. The Labute approximate surface area is 213 Å². The number of ether oxygens (including phenoxy) is 1. The van der Waals surface area contributed by atoms with E-state index >= 15 is 0 Å². The Hall–Kier alpha value is -1.61. The predicted octanol–water partition coefficient (Wildman–Crippen LogP) is 7.43. The predicted molar refractivity (Wildman–Crippen MR) is 144 cm³/mol. The van der Waals surface area contributed by atoms with Gasteiger partial charge in [-0.1, -0.05) is 83.6 Å². The van der Waals surface area contributed by atoms with E-state index in [4.69, 9.17) is 4.74 Å². The van der Waals surface area contributed by atoms with Crippen LogP contribution in [0.5, 0.6) is 0 Å². The topological polar surface area (TPSA) is 46.5 Å². The van der Waals surface area contributed by atoms with E-state index in [0.717, 1.165) is 25.2 Å². The molecule has 0 heterocycles. The van der Waals surface area contributed by atoms with Crippen molar-refractivity contribution in [3.63, 3.8) is 0 Å². The summed E-state index contributed by atoms with van der Waals surface area (Å²) in [6.07, 6.45) is 17.7. The quantitative estimate of drug-likeness (QED) is 0.234. The van der Waals surface area contributed by atoms with E-state index in [1.54, 1.807) is 5.57 Å². The SMILES string of the molecule is C=C(CO)C(=O)O[C@H]1CC[C@@]2(C)C(=CC=C3[C@@H]4CC[C@H]([C@H](C)/C=C/[C@H](C)C(C)C)[C@@]4(C)CC[C@@H]32)C1. The second-order valence-electron chi connectivity index (χ2n) is 13.0. The van der Waals surface area contributed by atoms with Gasteiger partial charge in [0.1, 0.15) is 6.10 Å². The molecule has 0 aliphatic heterocycles. The number of fused-ring (bicyclic) bond motifs is 5. The molecule has 4 aliphatic carbocycles. The van der Waals surface area contributed by atoms with Crippen molar-refractivity contribution in [1.29, 1.82) is 0 Å². The van der Waals surface area contributed by atoms with E-state index in [1.165, 1.54) is 31.3 Å². The summed E-state index contributed by atoms with van der Waals surface area (Å²) in [6.45, 7) is 17.8. The molecule has 35 heavy (non-hydrogen) atoms. The minimum atomic E-state index is -0.454. The van der Waals surface area contributed by atoms with Crippen LogP contribution in [-0.4, -0.2) is 23.8 Å². The largest absolute Gasteiger partial charge is 0.459 e. The molecule has 0 aromatic carbocycles. The van der Waals surface area contributed by atoms with Gasteiger partial charge in [-0.2, -0.15) is 0 Å². The Morgan fingerprint density at radius 1 is 1.09 bits per heavy atom. The Balaban J connectivity index is 1.51. The van der Waals surface area contributed by atoms with Crippen LogP contribution < -0.4 is 0 Å². The van der Waals surface area contributed by atoms with Crippen molar-refractivity contribution in [1.82, 2.24) is 0 Å². The zero-order valence-electron chi connectivity index (χ0n) is 23.0. The van der Waals surface area contributed by atoms with Crippen LogP contribution in [0.25, 0.3) is 0 Å². The number of esters is 1. The van der Waals surface area contributed by atoms with Gasteiger partial charge in [0.25, 0.3) is 0 Å². The first-order chi connectivity index (χ1) is 16.5. The summed E-state index contributed by atoms with van der Waals surface area (Å²) in [7, 11) is 0. The fourth-order valence-corrected chi connectivity index (χ4v) is 7.98. The molecule has 0 saturated heterocycles. The molecule has 0 spiro atoms. The van der Waals surface area contributed by atoms with Gasteiger partial charge in [0.05, 0.1) is 12.2 Å². The summed E-state index contributed by atoms with van der Waals surface area (Å²) in [5, 5.41) is 9.19. The maximum atomic E-state index is 12.2. The lowest BCUT2D eigenvalue weighted by Gasteiger charge is -2.55. The first-order valence-electron chi connectivity index (χ1n) is 14.1. The van der Waals surface area contributed by atoms with Gasteiger partial charge < -0.3 is 9.84 Å². The lowest BCUT2D eigenvalue weighted by atomic mass is 9.50. The van der Waals surface area contributed by atoms with Crippen molar-refractivity contribution in [3.8, 4) is 0 Å². The van der Waals surface area contributed by atoms with Crippen molar-refractivity contribution >= 4 is 5.97 Å². The number of carbonyl (C=O) groups excluding carboxylic acids is 1. The Morgan fingerprint density at radius 2 is 1.83 bits per heavy atom. The van der Waals surface area contributed by atoms with Gasteiger partial charge in [0.2, 0.25) is 0 Å². The standard InChI is InChI=1S/C32H48O3/c1-20(2)21(3)8-9-22(4)27-12-13-28-26-11-10-24-18-25(35-30(34)23(5)19-33)14-16-31(24,6)29(26)15-17-32(27,28)7/h8-11,20-22,25,27-29,33H,5,12-19H2,1-4,6-7H3/b9-8+/t21-,22+,25-,27+,28-,29-,31-,32+/m0/s1. The molecule has 3 nitrogen and oxygen atoms in total. The molecule has 0 bridgehead atoms. The molecule has 3 heteroatoms. The zero-order valence-corrected chi connectivity index (χ0v) is 23.0. The molecule has 3 saturated carbocycles. The molecule has 0 aromatic rings. The Morgan fingerprint density at radius 3 is 2.51 bits per heavy atom. The van der Waals surface area contributed by atoms with Crippen molar-refractivity contribution in [2.75, 3.05) is 6.61 Å². The summed E-state index contributed by atoms with van der Waals surface area (Å²) in [4.78, 5) is 12.2. The first-order valence-corrected chi connectivity index (χ1v) is 14.1. The number of aliphatic hydroxyl groups is 1. The summed E-state index contributed by atoms with van der Waals surface area (Å²) >= 11 is 0. The molecule has 8 atom stereocenters. The highest BCUT2D eigenvalue weighted by molar-refractivity contribution is 5.88. The van der Waals surface area contributed by atoms with Crippen molar-refractivity contribution in [2.45, 2.75) is 92.6 Å². The number of aliphatic hydroxyl groups excluding tert-OH is 1. The van der Waals surface area contributed by atoms with Crippen LogP contribution in [0, 0.1) is 46.3 Å². The lowest BCUT2D eigenvalue weighted by molar-refractivity contribution is -0.146. The van der Waals surface area contributed by atoms with Gasteiger partial charge in [0.15, 0.2) is 0 Å². The van der Waals surface area contributed by atoms with Gasteiger partial charge in [0, 0.05) is 6.42 Å². The number of rotatable bonds is 7. The van der Waals surface area contributed by atoms with Crippen LogP contribution in [0.15, 0.2) is 47.6 Å². The van der Waals surface area contributed by atoms with Gasteiger partial charge in [-0.25, -0.2) is 4.79 Å². The first kappa shape index (κ1) is 26.5. The summed E-state index contributed by atoms with van der Waals surface area (Å²) in [5.74, 6) is 3.59. The molecule has 4 aliphatic rings. The Bertz CT molecular complexity index is 923. The van der Waals surface area contributed by atoms with E-state index in [1.807, 2.05) is 0 Å². The number of allylic oxidation sites excluding steroid dienone is 5. The van der Waals surface area contributed by atoms with E-state index < -0.39 is 5.97 Å². The fourth-order valence-electron chi connectivity index (χ4n) is 7.98. The molecule has 0 amide bonds. The number of carbonyl (C=O) groups is 1. The van der Waals surface area contributed by atoms with Gasteiger partial charge in [-0.3, -0.25) is 0 Å². The van der Waals surface area contributed by atoms with Crippen LogP contribution >= 0.6 is 0 Å². The summed E-state index contributed by atoms with van der Waals surface area (Å²) in [6, 6.07) is 0. The maximum Gasteiger partial charge on any atom is 0.336 e. The maximum absolute atomic E-state index is 12.2. The van der Waals surface area contributed by atoms with E-state index in [2.05, 4.69) is 72.4 Å². The molecule has 0 radical (unpaired) electrons. The van der Waals surface area contributed by atoms with E-state index in [0.29, 0.717) is 35.0 Å². The molecular weight excluding hydrogens is 432 g/mol. The molecule has 4 rings (SSSR count). The van der Waals surface area contributed by atoms with Crippen LogP contribution in [0.2, 0.25) is 0 Å². The monoisotopic (exact) mass is 480 g/mol. The highest BCUT2D eigenvalue weighted by Crippen LogP contribution is 2.66. The number of hydrogen-bond acceptors (Lipinski definition) is 3. The van der Waals surface area contributed by atoms with Crippen LogP contribution in [-0.2, 0) is 9.53 Å². The third-order valence-electron chi connectivity index (χ3n) is 10.8. The minimum Gasteiger partial charge on any atom is -0.459 e. The third-order valence-corrected chi connectivity index (χ3v) is 10.8. The molecule has 1 N–H and O–H groups in total. The summed E-state index contributed by atoms with van der Waals surface area (Å²) < 4.78 is 5.69. The minimum absolute atomic E-state index is 0.106. The Kier molecular flexibility index (Phi) is 7.59. The van der Waals surface area contributed by atoms with Gasteiger partial charge >= 0.3 is 5.97 Å². The van der Waals surface area contributed by atoms with E-state index in [-0.39, 0.29) is 23.7 Å². The van der Waals surface area contributed by atoms with Crippen LogP contribution in [0.3, 0.4) is 0 Å². The second-order valence-corrected chi connectivity index (χ2v) is 13.0. The highest BCUT2D eigenvalue weighted by Gasteiger charge is 2.57. The average Bonchev–Trinajstić information content (AvgIpc) is 3.19. The lowest BCUT2D eigenvalue weighted by Crippen LogP contribution is -2.46. The van der Waals surface area contributed by atoms with Gasteiger partial charge in [-0.15, -0.1) is 0 Å². The molecule has 0 aromatic heterocycles. The van der Waals surface area contributed by atoms with Crippen LogP contribution in [0.1, 0.15) is 86.5 Å². The smallest absolute Gasteiger partial charge is 0.336 e. The molecule has 3 fully saturated rings. The number of hydrogen-bond donors (Lipinski definition) is 1. The van der Waals surface area contributed by atoms with Gasteiger partial charge in [-0.05, 0) is 84.9 Å². The molecule has 194 valence electrons. The van der Waals surface area contributed by atoms with Crippen molar-refractivity contribution < 1.29 is 14.6 Å². The van der Waals surface area contributed by atoms with Crippen LogP contribution in [0.4, 0.5) is 0 Å². The van der Waals surface area contributed by atoms with Crippen molar-refractivity contribution in [3.05, 3.63) is 47.6 Å². The fraction of sp³-hybridized carbons (Fsp3) is 0.719. The highest BCUT2D eigenvalue weighted by atomic mass is 16.5. The second kappa shape index (κ2) is 10.0. The summed E-state index contributed by atoms with van der Waals surface area (Å²) in [5.41, 5.74) is 3.87. The molecular formula is C32H48O3. The normalized spacial score (nSPS) is 38.2. The van der Waals surface area contributed by atoms with E-state index in [9.17, 15) is 9.90 Å². The van der Waals surface area contributed by atoms with Crippen molar-refractivity contribution in [2.24, 2.45) is 46.3 Å². The zero-order chi connectivity index (χ0) is 25.5. The average molecular weight is 481 g/mol. The third kappa shape index (κ3) is 4.75.